The van der Waals surface area contributed by atoms with Gasteiger partial charge in [-0.15, -0.1) is 0 Å². The number of ether oxygens (including phenoxy) is 1. The van der Waals surface area contributed by atoms with Crippen LogP contribution in [0.5, 0.6) is 0 Å². The molecule has 1 heterocycles. The topological polar surface area (TPSA) is 233 Å². The summed E-state index contributed by atoms with van der Waals surface area (Å²) in [5, 5.41) is 29.6. The fourth-order valence-electron chi connectivity index (χ4n) is 3.22. The molecule has 0 spiro atoms. The zero-order chi connectivity index (χ0) is 29.5. The Balaban J connectivity index is 1.77. The van der Waals surface area contributed by atoms with Crippen LogP contribution < -0.4 is 26.6 Å². The highest BCUT2D eigenvalue weighted by Gasteiger charge is 2.23. The van der Waals surface area contributed by atoms with Crippen molar-refractivity contribution in [3.05, 3.63) is 48.0 Å². The zero-order valence-corrected chi connectivity index (χ0v) is 21.3. The lowest BCUT2D eigenvalue weighted by molar-refractivity contribution is -0.178. The first-order chi connectivity index (χ1) is 19.1. The van der Waals surface area contributed by atoms with E-state index in [0.717, 1.165) is 17.1 Å². The van der Waals surface area contributed by atoms with E-state index < -0.39 is 73.6 Å². The van der Waals surface area contributed by atoms with Crippen LogP contribution in [0.25, 0.3) is 0 Å². The summed E-state index contributed by atoms with van der Waals surface area (Å²) < 4.78 is 4.45. The lowest BCUT2D eigenvalue weighted by Crippen LogP contribution is -2.52. The van der Waals surface area contributed by atoms with Gasteiger partial charge in [0.15, 0.2) is 0 Å². The van der Waals surface area contributed by atoms with Gasteiger partial charge in [-0.2, -0.15) is 0 Å². The Kier molecular flexibility index (Phi) is 12.9. The van der Waals surface area contributed by atoms with Gasteiger partial charge < -0.3 is 41.5 Å². The van der Waals surface area contributed by atoms with Gasteiger partial charge in [-0.1, -0.05) is 30.3 Å². The number of hydrogen-bond acceptors (Lipinski definition) is 10. The summed E-state index contributed by atoms with van der Waals surface area (Å²) in [5.41, 5.74) is 0.710. The lowest BCUT2D eigenvalue weighted by Gasteiger charge is -2.19. The summed E-state index contributed by atoms with van der Waals surface area (Å²) in [5.74, 6) is -5.18. The second-order valence-corrected chi connectivity index (χ2v) is 8.24. The molecular formula is C24H30N6O10. The highest BCUT2D eigenvalue weighted by molar-refractivity contribution is 6.12. The average Bonchev–Trinajstić information content (AvgIpc) is 3.25. The van der Waals surface area contributed by atoms with Crippen LogP contribution in [-0.4, -0.2) is 108 Å². The summed E-state index contributed by atoms with van der Waals surface area (Å²) in [6, 6.07) is 7.61. The smallest absolute Gasteiger partial charge is 0.360 e. The lowest BCUT2D eigenvalue weighted by atomic mass is 10.1. The van der Waals surface area contributed by atoms with Crippen LogP contribution in [0.1, 0.15) is 5.56 Å². The van der Waals surface area contributed by atoms with E-state index in [2.05, 4.69) is 31.3 Å². The van der Waals surface area contributed by atoms with E-state index >= 15 is 0 Å². The van der Waals surface area contributed by atoms with Crippen LogP contribution in [0.2, 0.25) is 0 Å². The molecule has 0 bridgehead atoms. The van der Waals surface area contributed by atoms with Crippen LogP contribution in [0.15, 0.2) is 42.5 Å². The number of benzene rings is 1. The molecule has 0 saturated carbocycles. The quantitative estimate of drug-likeness (QED) is 0.0548. The third kappa shape index (κ3) is 11.4. The minimum atomic E-state index is -2.12. The largest absolute Gasteiger partial charge is 0.477 e. The van der Waals surface area contributed by atoms with Crippen molar-refractivity contribution in [2.45, 2.75) is 18.8 Å². The van der Waals surface area contributed by atoms with E-state index in [9.17, 15) is 33.6 Å². The number of amides is 6. The van der Waals surface area contributed by atoms with E-state index in [4.69, 9.17) is 10.2 Å². The van der Waals surface area contributed by atoms with E-state index in [1.165, 1.54) is 0 Å². The van der Waals surface area contributed by atoms with Gasteiger partial charge in [-0.25, -0.2) is 4.79 Å². The Hall–Kier alpha value is -4.67. The standard InChI is InChI=1S/C24H30N6O10/c31-17(11-25-8-9-30-20(34)6-7-21(30)35)26-13-19(33)29-16(10-15-4-2-1-3-5-15)22(36)27-12-18(32)28-14-40-24(39)23(37)38/h1-7,16,24-25,39H,8-14H2,(H,26,31)(H,27,36)(H,28,32)(H,29,33)(H,37,38)/t16-,24-/m0/s1. The number of aliphatic carboxylic acids is 1. The number of carboxylic acids is 1. The summed E-state index contributed by atoms with van der Waals surface area (Å²) in [4.78, 5) is 83.5. The van der Waals surface area contributed by atoms with Crippen molar-refractivity contribution in [3.8, 4) is 0 Å². The van der Waals surface area contributed by atoms with Gasteiger partial charge in [0.1, 0.15) is 12.8 Å². The van der Waals surface area contributed by atoms with Crippen molar-refractivity contribution in [1.29, 1.82) is 0 Å². The maximum atomic E-state index is 12.7. The molecule has 1 aromatic carbocycles. The summed E-state index contributed by atoms with van der Waals surface area (Å²) in [7, 11) is 0. The van der Waals surface area contributed by atoms with Gasteiger partial charge >= 0.3 is 5.97 Å². The van der Waals surface area contributed by atoms with Crippen molar-refractivity contribution in [2.75, 3.05) is 39.5 Å². The molecule has 1 aliphatic heterocycles. The number of hydrogen-bond donors (Lipinski definition) is 7. The minimum absolute atomic E-state index is 0.0735. The van der Waals surface area contributed by atoms with E-state index in [-0.39, 0.29) is 26.1 Å². The number of nitrogens with zero attached hydrogens (tertiary/aromatic N) is 1. The van der Waals surface area contributed by atoms with Crippen molar-refractivity contribution >= 4 is 41.4 Å². The van der Waals surface area contributed by atoms with Crippen molar-refractivity contribution in [1.82, 2.24) is 31.5 Å². The molecule has 7 N–H and O–H groups in total. The van der Waals surface area contributed by atoms with Crippen LogP contribution in [0, 0.1) is 0 Å². The van der Waals surface area contributed by atoms with Crippen LogP contribution in [0.3, 0.4) is 0 Å². The molecule has 1 aliphatic rings. The van der Waals surface area contributed by atoms with Gasteiger partial charge in [0, 0.05) is 31.7 Å². The molecule has 0 aliphatic carbocycles. The van der Waals surface area contributed by atoms with Gasteiger partial charge in [0.25, 0.3) is 18.1 Å². The fourth-order valence-corrected chi connectivity index (χ4v) is 3.22. The number of nitrogens with one attached hydrogen (secondary N) is 5. The predicted molar refractivity (Wildman–Crippen MR) is 135 cm³/mol. The molecule has 0 unspecified atom stereocenters. The SMILES string of the molecule is O=C(CNCCN1C(=O)C=CC1=O)NCC(=O)N[C@@H](Cc1ccccc1)C(=O)NCC(=O)NCO[C@H](O)C(=O)O. The van der Waals surface area contributed by atoms with E-state index in [1.807, 2.05) is 0 Å². The molecular weight excluding hydrogens is 532 g/mol. The molecule has 0 radical (unpaired) electrons. The molecule has 0 saturated heterocycles. The van der Waals surface area contributed by atoms with E-state index in [1.54, 1.807) is 30.3 Å². The Labute approximate surface area is 228 Å². The number of aliphatic hydroxyl groups is 1. The summed E-state index contributed by atoms with van der Waals surface area (Å²) in [6.45, 7) is -1.54. The third-order valence-electron chi connectivity index (χ3n) is 5.22. The number of carbonyl (C=O) groups excluding carboxylic acids is 6. The van der Waals surface area contributed by atoms with Gasteiger partial charge in [-0.05, 0) is 5.56 Å². The Morgan fingerprint density at radius 2 is 1.48 bits per heavy atom. The summed E-state index contributed by atoms with van der Waals surface area (Å²) in [6.07, 6.45) is 0.256. The molecule has 0 fully saturated rings. The number of imide groups is 1. The first-order valence-electron chi connectivity index (χ1n) is 12.0. The predicted octanol–water partition coefficient (Wildman–Crippen LogP) is -4.05. The van der Waals surface area contributed by atoms with Gasteiger partial charge in [0.05, 0.1) is 19.6 Å². The molecule has 40 heavy (non-hydrogen) atoms. The van der Waals surface area contributed by atoms with Crippen molar-refractivity contribution in [3.63, 3.8) is 0 Å². The molecule has 1 aromatic rings. The normalized spacial score (nSPS) is 13.9. The van der Waals surface area contributed by atoms with Crippen molar-refractivity contribution in [2.24, 2.45) is 0 Å². The first-order valence-corrected chi connectivity index (χ1v) is 12.0. The first kappa shape index (κ1) is 31.5. The monoisotopic (exact) mass is 562 g/mol. The van der Waals surface area contributed by atoms with Gasteiger partial charge in [-0.3, -0.25) is 33.7 Å². The average molecular weight is 563 g/mol. The molecule has 6 amide bonds. The molecule has 216 valence electrons. The Morgan fingerprint density at radius 1 is 0.850 bits per heavy atom. The van der Waals surface area contributed by atoms with Crippen molar-refractivity contribution < 1.29 is 48.5 Å². The molecule has 16 nitrogen and oxygen atoms in total. The highest BCUT2D eigenvalue weighted by atomic mass is 16.6. The number of aliphatic hydroxyl groups excluding tert-OH is 1. The zero-order valence-electron chi connectivity index (χ0n) is 21.3. The van der Waals surface area contributed by atoms with Crippen LogP contribution >= 0.6 is 0 Å². The number of carbonyl (C=O) groups is 7. The second kappa shape index (κ2) is 16.3. The molecule has 0 aromatic heterocycles. The van der Waals surface area contributed by atoms with Gasteiger partial charge in [0.2, 0.25) is 23.6 Å². The highest BCUT2D eigenvalue weighted by Crippen LogP contribution is 2.04. The Bertz CT molecular complexity index is 1110. The number of rotatable bonds is 17. The second-order valence-electron chi connectivity index (χ2n) is 8.24. The van der Waals surface area contributed by atoms with E-state index in [0.29, 0.717) is 5.56 Å². The molecule has 2 rings (SSSR count). The molecule has 16 heteroatoms. The third-order valence-corrected chi connectivity index (χ3v) is 5.22. The molecule has 2 atom stereocenters. The number of carboxylic acid groups (broad SMARTS) is 1. The minimum Gasteiger partial charge on any atom is -0.477 e. The fraction of sp³-hybridized carbons (Fsp3) is 0.375. The van der Waals surface area contributed by atoms with Crippen LogP contribution in [-0.2, 0) is 44.7 Å². The Morgan fingerprint density at radius 3 is 2.12 bits per heavy atom. The summed E-state index contributed by atoms with van der Waals surface area (Å²) >= 11 is 0. The maximum Gasteiger partial charge on any atom is 0.360 e. The van der Waals surface area contributed by atoms with Crippen LogP contribution in [0.4, 0.5) is 0 Å². The maximum absolute atomic E-state index is 12.7.